The Kier molecular flexibility index (Phi) is 5.23. The molecule has 0 aliphatic rings. The zero-order valence-electron chi connectivity index (χ0n) is 12.2. The van der Waals surface area contributed by atoms with Crippen molar-refractivity contribution in [3.05, 3.63) is 27.9 Å². The topological polar surface area (TPSA) is 71.3 Å². The number of aryl methyl sites for hydroxylation is 1. The molecule has 1 N–H and O–H groups in total. The molecule has 0 amide bonds. The Labute approximate surface area is 114 Å². The molecule has 6 nitrogen and oxygen atoms in total. The molecule has 1 rings (SSSR count). The van der Waals surface area contributed by atoms with E-state index in [9.17, 15) is 10.1 Å². The van der Waals surface area contributed by atoms with Crippen LogP contribution < -0.4 is 5.32 Å². The zero-order chi connectivity index (χ0) is 14.6. The normalized spacial score (nSPS) is 12.8. The molecule has 0 aliphatic carbocycles. The second-order valence-corrected chi connectivity index (χ2v) is 5.37. The van der Waals surface area contributed by atoms with Crippen LogP contribution in [-0.4, -0.2) is 41.5 Å². The third-order valence-corrected chi connectivity index (χ3v) is 2.98. The predicted molar refractivity (Wildman–Crippen MR) is 76.4 cm³/mol. The maximum atomic E-state index is 10.7. The molecular weight excluding hydrogens is 244 g/mol. The van der Waals surface area contributed by atoms with Gasteiger partial charge in [-0.2, -0.15) is 0 Å². The first kappa shape index (κ1) is 15.4. The Balaban J connectivity index is 2.85. The van der Waals surface area contributed by atoms with Crippen molar-refractivity contribution in [1.29, 1.82) is 0 Å². The summed E-state index contributed by atoms with van der Waals surface area (Å²) < 4.78 is 0. The Hall–Kier alpha value is -1.69. The molecule has 0 spiro atoms. The molecular formula is C13H22N4O2. The van der Waals surface area contributed by atoms with Crippen molar-refractivity contribution in [2.24, 2.45) is 5.92 Å². The van der Waals surface area contributed by atoms with Crippen LogP contribution in [0.2, 0.25) is 0 Å². The fourth-order valence-corrected chi connectivity index (χ4v) is 1.83. The SMILES string of the molecule is Cc1cc(NC(CN(C)C)C(C)C)ncc1[N+](=O)[O-]. The number of anilines is 1. The fourth-order valence-electron chi connectivity index (χ4n) is 1.83. The van der Waals surface area contributed by atoms with Crippen molar-refractivity contribution in [2.45, 2.75) is 26.8 Å². The Bertz CT molecular complexity index is 446. The van der Waals surface area contributed by atoms with Crippen LogP contribution in [-0.2, 0) is 0 Å². The van der Waals surface area contributed by atoms with Crippen LogP contribution in [0.25, 0.3) is 0 Å². The van der Waals surface area contributed by atoms with Gasteiger partial charge in [-0.3, -0.25) is 10.1 Å². The van der Waals surface area contributed by atoms with E-state index in [0.29, 0.717) is 17.3 Å². The quantitative estimate of drug-likeness (QED) is 0.632. The summed E-state index contributed by atoms with van der Waals surface area (Å²) in [6, 6.07) is 1.98. The van der Waals surface area contributed by atoms with Gasteiger partial charge in [0.15, 0.2) is 0 Å². The van der Waals surface area contributed by atoms with Crippen LogP contribution in [0.15, 0.2) is 12.3 Å². The molecule has 1 atom stereocenters. The number of hydrogen-bond acceptors (Lipinski definition) is 5. The smallest absolute Gasteiger partial charge is 0.290 e. The molecule has 0 fully saturated rings. The Morgan fingerprint density at radius 3 is 2.53 bits per heavy atom. The number of hydrogen-bond donors (Lipinski definition) is 1. The van der Waals surface area contributed by atoms with E-state index in [4.69, 9.17) is 0 Å². The van der Waals surface area contributed by atoms with Gasteiger partial charge in [-0.25, -0.2) is 4.98 Å². The third-order valence-electron chi connectivity index (χ3n) is 2.98. The van der Waals surface area contributed by atoms with Crippen molar-refractivity contribution >= 4 is 11.5 Å². The van der Waals surface area contributed by atoms with Crippen LogP contribution in [0.1, 0.15) is 19.4 Å². The van der Waals surface area contributed by atoms with Gasteiger partial charge in [-0.05, 0) is 33.0 Å². The second-order valence-electron chi connectivity index (χ2n) is 5.37. The van der Waals surface area contributed by atoms with Crippen molar-refractivity contribution in [3.63, 3.8) is 0 Å². The van der Waals surface area contributed by atoms with E-state index in [2.05, 4.69) is 29.0 Å². The lowest BCUT2D eigenvalue weighted by Crippen LogP contribution is -2.36. The van der Waals surface area contributed by atoms with E-state index in [0.717, 1.165) is 6.54 Å². The largest absolute Gasteiger partial charge is 0.366 e. The Morgan fingerprint density at radius 1 is 1.47 bits per heavy atom. The molecule has 19 heavy (non-hydrogen) atoms. The maximum Gasteiger partial charge on any atom is 0.290 e. The summed E-state index contributed by atoms with van der Waals surface area (Å²) in [5.41, 5.74) is 0.675. The van der Waals surface area contributed by atoms with Crippen LogP contribution in [0, 0.1) is 23.0 Å². The van der Waals surface area contributed by atoms with E-state index in [1.807, 2.05) is 14.1 Å². The van der Waals surface area contributed by atoms with Gasteiger partial charge in [0.2, 0.25) is 0 Å². The van der Waals surface area contributed by atoms with Crippen LogP contribution >= 0.6 is 0 Å². The summed E-state index contributed by atoms with van der Waals surface area (Å²) in [4.78, 5) is 16.6. The predicted octanol–water partition coefficient (Wildman–Crippen LogP) is 2.30. The summed E-state index contributed by atoms with van der Waals surface area (Å²) in [7, 11) is 4.04. The van der Waals surface area contributed by atoms with Gasteiger partial charge < -0.3 is 10.2 Å². The molecule has 0 saturated heterocycles. The molecule has 0 aromatic carbocycles. The zero-order valence-corrected chi connectivity index (χ0v) is 12.2. The molecule has 1 aromatic rings. The molecule has 6 heteroatoms. The highest BCUT2D eigenvalue weighted by atomic mass is 16.6. The number of nitro groups is 1. The highest BCUT2D eigenvalue weighted by Gasteiger charge is 2.17. The molecule has 0 bridgehead atoms. The average Bonchev–Trinajstić information content (AvgIpc) is 2.26. The molecule has 0 saturated carbocycles. The minimum atomic E-state index is -0.411. The van der Waals surface area contributed by atoms with Gasteiger partial charge in [-0.15, -0.1) is 0 Å². The minimum absolute atomic E-state index is 0.0549. The monoisotopic (exact) mass is 266 g/mol. The van der Waals surface area contributed by atoms with E-state index < -0.39 is 4.92 Å². The van der Waals surface area contributed by atoms with E-state index in [-0.39, 0.29) is 11.7 Å². The van der Waals surface area contributed by atoms with Crippen LogP contribution in [0.3, 0.4) is 0 Å². The van der Waals surface area contributed by atoms with E-state index >= 15 is 0 Å². The summed E-state index contributed by atoms with van der Waals surface area (Å²) in [5, 5.41) is 14.1. The van der Waals surface area contributed by atoms with Gasteiger partial charge in [0.25, 0.3) is 5.69 Å². The highest BCUT2D eigenvalue weighted by molar-refractivity contribution is 5.47. The minimum Gasteiger partial charge on any atom is -0.366 e. The van der Waals surface area contributed by atoms with E-state index in [1.165, 1.54) is 6.20 Å². The molecule has 0 aliphatic heterocycles. The standard InChI is InChI=1S/C13H22N4O2/c1-9(2)11(8-16(4)5)15-13-6-10(3)12(7-14-13)17(18)19/h6-7,9,11H,8H2,1-5H3,(H,14,15). The number of rotatable bonds is 6. The number of likely N-dealkylation sites (N-methyl/N-ethyl adjacent to an activating group) is 1. The van der Waals surface area contributed by atoms with E-state index in [1.54, 1.807) is 13.0 Å². The third kappa shape index (κ3) is 4.48. The molecule has 0 radical (unpaired) electrons. The molecule has 1 unspecified atom stereocenters. The molecule has 106 valence electrons. The van der Waals surface area contributed by atoms with Gasteiger partial charge >= 0.3 is 0 Å². The molecule has 1 heterocycles. The lowest BCUT2D eigenvalue weighted by Gasteiger charge is -2.26. The van der Waals surface area contributed by atoms with Crippen LogP contribution in [0.5, 0.6) is 0 Å². The summed E-state index contributed by atoms with van der Waals surface area (Å²) >= 11 is 0. The van der Waals surface area contributed by atoms with Crippen molar-refractivity contribution < 1.29 is 4.92 Å². The van der Waals surface area contributed by atoms with Gasteiger partial charge in [0, 0.05) is 18.2 Å². The molecule has 1 aromatic heterocycles. The first-order chi connectivity index (χ1) is 8.81. The second kappa shape index (κ2) is 6.47. The number of nitrogens with zero attached hydrogens (tertiary/aromatic N) is 3. The highest BCUT2D eigenvalue weighted by Crippen LogP contribution is 2.20. The van der Waals surface area contributed by atoms with Crippen molar-refractivity contribution in [2.75, 3.05) is 26.0 Å². The summed E-state index contributed by atoms with van der Waals surface area (Å²) in [6.07, 6.45) is 1.31. The first-order valence-corrected chi connectivity index (χ1v) is 6.33. The summed E-state index contributed by atoms with van der Waals surface area (Å²) in [6.45, 7) is 6.88. The summed E-state index contributed by atoms with van der Waals surface area (Å²) in [5.74, 6) is 1.13. The van der Waals surface area contributed by atoms with Crippen molar-refractivity contribution in [3.8, 4) is 0 Å². The van der Waals surface area contributed by atoms with Crippen molar-refractivity contribution in [1.82, 2.24) is 9.88 Å². The fraction of sp³-hybridized carbons (Fsp3) is 0.615. The number of aromatic nitrogens is 1. The van der Waals surface area contributed by atoms with Gasteiger partial charge in [0.1, 0.15) is 12.0 Å². The van der Waals surface area contributed by atoms with Crippen LogP contribution in [0.4, 0.5) is 11.5 Å². The van der Waals surface area contributed by atoms with Gasteiger partial charge in [-0.1, -0.05) is 13.8 Å². The lowest BCUT2D eigenvalue weighted by atomic mass is 10.0. The number of nitrogens with one attached hydrogen (secondary N) is 1. The van der Waals surface area contributed by atoms with Gasteiger partial charge in [0.05, 0.1) is 4.92 Å². The Morgan fingerprint density at radius 2 is 2.11 bits per heavy atom. The first-order valence-electron chi connectivity index (χ1n) is 6.33. The number of pyridine rings is 1. The maximum absolute atomic E-state index is 10.7. The average molecular weight is 266 g/mol. The lowest BCUT2D eigenvalue weighted by molar-refractivity contribution is -0.385.